The van der Waals surface area contributed by atoms with Crippen LogP contribution in [0.1, 0.15) is 342 Å². The third-order valence-corrected chi connectivity index (χ3v) is 15.0. The van der Waals surface area contributed by atoms with Gasteiger partial charge in [0, 0.05) is 19.3 Å². The van der Waals surface area contributed by atoms with Gasteiger partial charge in [-0.15, -0.1) is 0 Å². The van der Waals surface area contributed by atoms with Crippen LogP contribution in [0.15, 0.2) is 97.2 Å². The predicted molar refractivity (Wildman–Crippen MR) is 353 cm³/mol. The second-order valence-electron chi connectivity index (χ2n) is 23.1. The fourth-order valence-electron chi connectivity index (χ4n) is 9.85. The molecule has 0 N–H and O–H groups in total. The monoisotopic (exact) mass is 1130 g/mol. The van der Waals surface area contributed by atoms with Gasteiger partial charge in [-0.05, 0) is 122 Å². The Morgan fingerprint density at radius 1 is 0.259 bits per heavy atom. The van der Waals surface area contributed by atoms with E-state index >= 15 is 0 Å². The first kappa shape index (κ1) is 77.3. The second-order valence-corrected chi connectivity index (χ2v) is 23.1. The van der Waals surface area contributed by atoms with E-state index in [-0.39, 0.29) is 31.1 Å². The van der Waals surface area contributed by atoms with Gasteiger partial charge in [0.2, 0.25) is 0 Å². The largest absolute Gasteiger partial charge is 0.462 e. The van der Waals surface area contributed by atoms with Gasteiger partial charge in [0.15, 0.2) is 6.10 Å². The number of ether oxygens (including phenoxy) is 3. The van der Waals surface area contributed by atoms with Crippen LogP contribution in [0, 0.1) is 0 Å². The summed E-state index contributed by atoms with van der Waals surface area (Å²) in [6.45, 7) is 6.52. The number of esters is 3. The Morgan fingerprint density at radius 2 is 0.481 bits per heavy atom. The van der Waals surface area contributed by atoms with Crippen molar-refractivity contribution in [3.05, 3.63) is 97.2 Å². The average molecular weight is 1130 g/mol. The molecule has 0 aliphatic carbocycles. The Kier molecular flexibility index (Phi) is 65.7. The summed E-state index contributed by atoms with van der Waals surface area (Å²) in [6.07, 6.45) is 92.8. The van der Waals surface area contributed by atoms with Gasteiger partial charge in [0.05, 0.1) is 0 Å². The zero-order chi connectivity index (χ0) is 58.5. The van der Waals surface area contributed by atoms with Crippen molar-refractivity contribution in [2.24, 2.45) is 0 Å². The van der Waals surface area contributed by atoms with Crippen molar-refractivity contribution >= 4 is 17.9 Å². The van der Waals surface area contributed by atoms with Gasteiger partial charge >= 0.3 is 17.9 Å². The van der Waals surface area contributed by atoms with Crippen molar-refractivity contribution in [1.82, 2.24) is 0 Å². The standard InChI is InChI=1S/C75H130O6/c1-4-7-10-13-16-19-22-25-28-30-32-34-36-37-39-40-42-44-47-50-53-56-59-62-65-68-74(77)80-71-72(70-79-73(76)67-64-61-58-55-52-49-46-27-24-21-18-15-12-9-6-3)81-75(78)69-66-63-60-57-54-51-48-45-43-41-38-35-33-31-29-26-23-20-17-14-11-8-5-2/h9,12,18,21-23,25-27,30-33,36-37,46,72H,4-8,10-11,13-17,19-20,24,28-29,34-35,38-45,47-71H2,1-3H3/b12-9-,21-18-,25-22-,26-23-,32-30-,33-31-,37-36-,46-27-. The maximum Gasteiger partial charge on any atom is 0.306 e. The van der Waals surface area contributed by atoms with Crippen LogP contribution >= 0.6 is 0 Å². The zero-order valence-electron chi connectivity index (χ0n) is 53.5. The van der Waals surface area contributed by atoms with Crippen LogP contribution in [0.25, 0.3) is 0 Å². The number of unbranched alkanes of at least 4 members (excludes halogenated alkanes) is 36. The minimum Gasteiger partial charge on any atom is -0.462 e. The molecule has 6 nitrogen and oxygen atoms in total. The highest BCUT2D eigenvalue weighted by molar-refractivity contribution is 5.71. The summed E-state index contributed by atoms with van der Waals surface area (Å²) in [5.41, 5.74) is 0. The van der Waals surface area contributed by atoms with E-state index in [2.05, 4.69) is 118 Å². The molecule has 0 amide bonds. The number of carbonyl (C=O) groups is 3. The average Bonchev–Trinajstić information content (AvgIpc) is 3.47. The van der Waals surface area contributed by atoms with E-state index in [4.69, 9.17) is 14.2 Å². The van der Waals surface area contributed by atoms with E-state index in [0.29, 0.717) is 19.3 Å². The molecule has 0 aromatic carbocycles. The van der Waals surface area contributed by atoms with Gasteiger partial charge in [0.25, 0.3) is 0 Å². The van der Waals surface area contributed by atoms with Crippen LogP contribution in [-0.2, 0) is 28.6 Å². The summed E-state index contributed by atoms with van der Waals surface area (Å²) < 4.78 is 17.0. The Morgan fingerprint density at radius 3 is 0.753 bits per heavy atom. The lowest BCUT2D eigenvalue weighted by Crippen LogP contribution is -2.30. The number of rotatable bonds is 63. The molecule has 6 heteroatoms. The maximum atomic E-state index is 13.0. The maximum absolute atomic E-state index is 13.0. The van der Waals surface area contributed by atoms with Crippen molar-refractivity contribution in [3.63, 3.8) is 0 Å². The Bertz CT molecular complexity index is 1580. The fraction of sp³-hybridized carbons (Fsp3) is 0.747. The highest BCUT2D eigenvalue weighted by atomic mass is 16.6. The molecule has 0 aromatic heterocycles. The summed E-state index contributed by atoms with van der Waals surface area (Å²) in [5.74, 6) is -0.894. The molecule has 0 bridgehead atoms. The molecule has 0 fully saturated rings. The SMILES string of the molecule is CC/C=C\C/C=C\C/C=C\CCCCCCCC(=O)OCC(COC(=O)CCCCCCCCCCCC/C=C\C/C=C\C/C=C\CCCCCCC)OC(=O)CCCCCCCCCCCCC/C=C\C/C=C\CCCCCCC. The Hall–Kier alpha value is -3.67. The number of carbonyl (C=O) groups excluding carboxylic acids is 3. The summed E-state index contributed by atoms with van der Waals surface area (Å²) in [5, 5.41) is 0. The molecule has 0 heterocycles. The molecule has 0 aromatic rings. The highest BCUT2D eigenvalue weighted by Crippen LogP contribution is 2.17. The van der Waals surface area contributed by atoms with E-state index in [9.17, 15) is 14.4 Å². The molecule has 0 aliphatic rings. The van der Waals surface area contributed by atoms with Crippen LogP contribution in [0.2, 0.25) is 0 Å². The normalized spacial score (nSPS) is 12.7. The molecular weight excluding hydrogens is 997 g/mol. The minimum absolute atomic E-state index is 0.0851. The molecule has 466 valence electrons. The summed E-state index contributed by atoms with van der Waals surface area (Å²) in [6, 6.07) is 0. The molecule has 0 saturated carbocycles. The predicted octanol–water partition coefficient (Wildman–Crippen LogP) is 24.0. The molecule has 0 aliphatic heterocycles. The lowest BCUT2D eigenvalue weighted by molar-refractivity contribution is -0.167. The van der Waals surface area contributed by atoms with Crippen molar-refractivity contribution in [1.29, 1.82) is 0 Å². The smallest absolute Gasteiger partial charge is 0.306 e. The van der Waals surface area contributed by atoms with Crippen LogP contribution in [0.4, 0.5) is 0 Å². The van der Waals surface area contributed by atoms with E-state index in [1.807, 2.05) is 0 Å². The molecule has 0 radical (unpaired) electrons. The summed E-state index contributed by atoms with van der Waals surface area (Å²) >= 11 is 0. The third kappa shape index (κ3) is 67.0. The summed E-state index contributed by atoms with van der Waals surface area (Å²) in [7, 11) is 0. The topological polar surface area (TPSA) is 78.9 Å². The van der Waals surface area contributed by atoms with Crippen molar-refractivity contribution in [2.45, 2.75) is 348 Å². The molecule has 0 spiro atoms. The number of allylic oxidation sites excluding steroid dienone is 16. The first-order chi connectivity index (χ1) is 40.0. The molecule has 1 atom stereocenters. The van der Waals surface area contributed by atoms with Crippen LogP contribution in [0.3, 0.4) is 0 Å². The molecule has 81 heavy (non-hydrogen) atoms. The number of hydrogen-bond acceptors (Lipinski definition) is 6. The van der Waals surface area contributed by atoms with Gasteiger partial charge in [0.1, 0.15) is 13.2 Å². The van der Waals surface area contributed by atoms with Gasteiger partial charge in [-0.3, -0.25) is 14.4 Å². The lowest BCUT2D eigenvalue weighted by atomic mass is 10.0. The van der Waals surface area contributed by atoms with E-state index in [1.54, 1.807) is 0 Å². The van der Waals surface area contributed by atoms with E-state index in [0.717, 1.165) is 116 Å². The van der Waals surface area contributed by atoms with E-state index in [1.165, 1.54) is 186 Å². The van der Waals surface area contributed by atoms with Crippen LogP contribution in [0.5, 0.6) is 0 Å². The van der Waals surface area contributed by atoms with Crippen molar-refractivity contribution < 1.29 is 28.6 Å². The Balaban J connectivity index is 4.35. The van der Waals surface area contributed by atoms with Gasteiger partial charge in [-0.2, -0.15) is 0 Å². The van der Waals surface area contributed by atoms with Crippen molar-refractivity contribution in [2.75, 3.05) is 13.2 Å². The van der Waals surface area contributed by atoms with Gasteiger partial charge < -0.3 is 14.2 Å². The minimum atomic E-state index is -0.790. The van der Waals surface area contributed by atoms with Crippen LogP contribution < -0.4 is 0 Å². The van der Waals surface area contributed by atoms with Crippen molar-refractivity contribution in [3.8, 4) is 0 Å². The first-order valence-electron chi connectivity index (χ1n) is 34.7. The van der Waals surface area contributed by atoms with Crippen LogP contribution in [-0.4, -0.2) is 37.2 Å². The number of hydrogen-bond donors (Lipinski definition) is 0. The quantitative estimate of drug-likeness (QED) is 0.0261. The second kappa shape index (κ2) is 68.8. The Labute approximate surface area is 502 Å². The molecule has 1 unspecified atom stereocenters. The summed E-state index contributed by atoms with van der Waals surface area (Å²) in [4.78, 5) is 38.4. The van der Waals surface area contributed by atoms with Gasteiger partial charge in [-0.25, -0.2) is 0 Å². The fourth-order valence-corrected chi connectivity index (χ4v) is 9.85. The van der Waals surface area contributed by atoms with E-state index < -0.39 is 6.10 Å². The molecule has 0 rings (SSSR count). The zero-order valence-corrected chi connectivity index (χ0v) is 53.5. The first-order valence-corrected chi connectivity index (χ1v) is 34.7. The third-order valence-electron chi connectivity index (χ3n) is 15.0. The highest BCUT2D eigenvalue weighted by Gasteiger charge is 2.19. The lowest BCUT2D eigenvalue weighted by Gasteiger charge is -2.18. The molecule has 0 saturated heterocycles. The van der Waals surface area contributed by atoms with Gasteiger partial charge in [-0.1, -0.05) is 298 Å². The molecular formula is C75H130O6.